The van der Waals surface area contributed by atoms with Gasteiger partial charge in [0.2, 0.25) is 0 Å². The zero-order valence-electron chi connectivity index (χ0n) is 21.3. The molecule has 1 N–H and O–H groups in total. The molecule has 2 unspecified atom stereocenters. The molecule has 2 fully saturated rings. The first-order valence-corrected chi connectivity index (χ1v) is 12.0. The molecule has 0 aromatic carbocycles. The molecule has 2 aliphatic heterocycles. The summed E-state index contributed by atoms with van der Waals surface area (Å²) in [5.74, 6) is 0. The molecular formula is C24H45N3O5. The van der Waals surface area contributed by atoms with Crippen LogP contribution in [0.4, 0.5) is 9.59 Å². The maximum absolute atomic E-state index is 12.7. The van der Waals surface area contributed by atoms with Gasteiger partial charge in [0.25, 0.3) is 0 Å². The van der Waals surface area contributed by atoms with Crippen LogP contribution in [0.5, 0.6) is 0 Å². The van der Waals surface area contributed by atoms with Crippen LogP contribution in [0.25, 0.3) is 0 Å². The second-order valence-corrected chi connectivity index (χ2v) is 11.4. The molecule has 2 saturated heterocycles. The summed E-state index contributed by atoms with van der Waals surface area (Å²) in [6.07, 6.45) is 4.49. The van der Waals surface area contributed by atoms with E-state index in [2.05, 4.69) is 5.32 Å². The minimum absolute atomic E-state index is 0.115. The molecule has 2 aliphatic rings. The van der Waals surface area contributed by atoms with E-state index in [9.17, 15) is 9.59 Å². The van der Waals surface area contributed by atoms with Crippen LogP contribution in [0.3, 0.4) is 0 Å². The van der Waals surface area contributed by atoms with Crippen molar-refractivity contribution in [3.8, 4) is 0 Å². The summed E-state index contributed by atoms with van der Waals surface area (Å²) in [6, 6.07) is 0.115. The van der Waals surface area contributed by atoms with Crippen LogP contribution in [0.15, 0.2) is 0 Å². The summed E-state index contributed by atoms with van der Waals surface area (Å²) in [5.41, 5.74) is -1.18. The second-order valence-electron chi connectivity index (χ2n) is 11.4. The minimum atomic E-state index is -0.511. The van der Waals surface area contributed by atoms with E-state index in [0.29, 0.717) is 26.2 Å². The highest BCUT2D eigenvalue weighted by Gasteiger charge is 2.39. The monoisotopic (exact) mass is 455 g/mol. The molecule has 2 amide bonds. The van der Waals surface area contributed by atoms with Gasteiger partial charge in [-0.1, -0.05) is 0 Å². The first kappa shape index (κ1) is 26.7. The van der Waals surface area contributed by atoms with E-state index in [1.165, 1.54) is 0 Å². The lowest BCUT2D eigenvalue weighted by Crippen LogP contribution is -2.55. The molecule has 0 radical (unpaired) electrons. The summed E-state index contributed by atoms with van der Waals surface area (Å²) in [6.45, 7) is 15.4. The topological polar surface area (TPSA) is 80.3 Å². The van der Waals surface area contributed by atoms with Gasteiger partial charge in [-0.2, -0.15) is 0 Å². The van der Waals surface area contributed by atoms with Crippen molar-refractivity contribution in [2.45, 2.75) is 90.9 Å². The Hall–Kier alpha value is -1.54. The van der Waals surface area contributed by atoms with Crippen LogP contribution in [0, 0.1) is 5.41 Å². The van der Waals surface area contributed by atoms with Gasteiger partial charge in [0, 0.05) is 51.3 Å². The van der Waals surface area contributed by atoms with Crippen molar-refractivity contribution in [1.82, 2.24) is 15.1 Å². The maximum Gasteiger partial charge on any atom is 0.410 e. The number of hydrogen-bond acceptors (Lipinski definition) is 6. The molecule has 0 spiro atoms. The standard InChI is InChI=1S/C24H45N3O5/c1-22(2,3)31-20(28)26-13-10-12-24(17-26,18-30-7)16-25-15-19-11-8-9-14-27(19)21(29)32-23(4,5)6/h19,25H,8-18H2,1-7H3. The summed E-state index contributed by atoms with van der Waals surface area (Å²) in [7, 11) is 1.71. The van der Waals surface area contributed by atoms with E-state index < -0.39 is 11.2 Å². The van der Waals surface area contributed by atoms with Gasteiger partial charge in [-0.3, -0.25) is 0 Å². The van der Waals surface area contributed by atoms with Crippen LogP contribution < -0.4 is 5.32 Å². The highest BCUT2D eigenvalue weighted by molar-refractivity contribution is 5.69. The molecule has 0 aliphatic carbocycles. The van der Waals surface area contributed by atoms with Crippen molar-refractivity contribution in [2.75, 3.05) is 46.4 Å². The van der Waals surface area contributed by atoms with Crippen molar-refractivity contribution in [2.24, 2.45) is 5.41 Å². The summed E-state index contributed by atoms with van der Waals surface area (Å²) in [4.78, 5) is 29.0. The van der Waals surface area contributed by atoms with Crippen molar-refractivity contribution in [3.05, 3.63) is 0 Å². The Morgan fingerprint density at radius 2 is 1.62 bits per heavy atom. The lowest BCUT2D eigenvalue weighted by atomic mass is 9.80. The maximum atomic E-state index is 12.7. The van der Waals surface area contributed by atoms with Gasteiger partial charge in [-0.15, -0.1) is 0 Å². The average molecular weight is 456 g/mol. The number of amides is 2. The van der Waals surface area contributed by atoms with E-state index in [-0.39, 0.29) is 23.6 Å². The molecular weight excluding hydrogens is 410 g/mol. The minimum Gasteiger partial charge on any atom is -0.444 e. The molecule has 2 atom stereocenters. The SMILES string of the molecule is COCC1(CNCC2CCCCN2C(=O)OC(C)(C)C)CCCN(C(=O)OC(C)(C)C)C1. The third kappa shape index (κ3) is 8.43. The second kappa shape index (κ2) is 11.1. The Morgan fingerprint density at radius 3 is 2.25 bits per heavy atom. The Bertz CT molecular complexity index is 624. The summed E-state index contributed by atoms with van der Waals surface area (Å²) < 4.78 is 16.8. The first-order chi connectivity index (χ1) is 14.8. The molecule has 8 heteroatoms. The van der Waals surface area contributed by atoms with E-state index in [1.807, 2.05) is 51.3 Å². The number of nitrogens with one attached hydrogen (secondary N) is 1. The molecule has 0 bridgehead atoms. The van der Waals surface area contributed by atoms with Crippen LogP contribution in [0.1, 0.15) is 73.6 Å². The fraction of sp³-hybridized carbons (Fsp3) is 0.917. The normalized spacial score (nSPS) is 24.9. The van der Waals surface area contributed by atoms with Gasteiger partial charge in [0.15, 0.2) is 0 Å². The molecule has 2 rings (SSSR count). The zero-order chi connectivity index (χ0) is 24.0. The largest absolute Gasteiger partial charge is 0.444 e. The molecule has 0 saturated carbocycles. The predicted molar refractivity (Wildman–Crippen MR) is 125 cm³/mol. The Balaban J connectivity index is 1.97. The van der Waals surface area contributed by atoms with Crippen LogP contribution >= 0.6 is 0 Å². The smallest absolute Gasteiger partial charge is 0.410 e. The molecule has 8 nitrogen and oxygen atoms in total. The lowest BCUT2D eigenvalue weighted by molar-refractivity contribution is -0.0169. The number of carbonyl (C=O) groups excluding carboxylic acids is 2. The van der Waals surface area contributed by atoms with Crippen molar-refractivity contribution in [3.63, 3.8) is 0 Å². The Morgan fingerprint density at radius 1 is 0.969 bits per heavy atom. The number of carbonyl (C=O) groups is 2. The van der Waals surface area contributed by atoms with Crippen molar-refractivity contribution in [1.29, 1.82) is 0 Å². The van der Waals surface area contributed by atoms with E-state index in [4.69, 9.17) is 14.2 Å². The number of likely N-dealkylation sites (tertiary alicyclic amines) is 2. The van der Waals surface area contributed by atoms with E-state index in [1.54, 1.807) is 7.11 Å². The number of hydrogen-bond donors (Lipinski definition) is 1. The molecule has 186 valence electrons. The molecule has 0 aromatic rings. The summed E-state index contributed by atoms with van der Waals surface area (Å²) in [5, 5.41) is 3.60. The fourth-order valence-electron chi connectivity index (χ4n) is 4.59. The van der Waals surface area contributed by atoms with Gasteiger partial charge in [0.1, 0.15) is 11.2 Å². The number of methoxy groups -OCH3 is 1. The third-order valence-corrected chi connectivity index (χ3v) is 5.90. The highest BCUT2D eigenvalue weighted by Crippen LogP contribution is 2.31. The van der Waals surface area contributed by atoms with E-state index in [0.717, 1.165) is 45.2 Å². The molecule has 2 heterocycles. The fourth-order valence-corrected chi connectivity index (χ4v) is 4.59. The van der Waals surface area contributed by atoms with Crippen LogP contribution in [-0.2, 0) is 14.2 Å². The van der Waals surface area contributed by atoms with Gasteiger partial charge < -0.3 is 29.3 Å². The molecule has 0 aromatic heterocycles. The van der Waals surface area contributed by atoms with Crippen LogP contribution in [-0.4, -0.2) is 85.7 Å². The Labute approximate surface area is 194 Å². The highest BCUT2D eigenvalue weighted by atomic mass is 16.6. The van der Waals surface area contributed by atoms with Gasteiger partial charge in [-0.05, 0) is 73.6 Å². The first-order valence-electron chi connectivity index (χ1n) is 12.0. The third-order valence-electron chi connectivity index (χ3n) is 5.90. The average Bonchev–Trinajstić information content (AvgIpc) is 2.66. The number of piperidine rings is 2. The van der Waals surface area contributed by atoms with Gasteiger partial charge in [0.05, 0.1) is 6.61 Å². The number of ether oxygens (including phenoxy) is 3. The van der Waals surface area contributed by atoms with Gasteiger partial charge in [-0.25, -0.2) is 9.59 Å². The number of nitrogens with zero attached hydrogens (tertiary/aromatic N) is 2. The van der Waals surface area contributed by atoms with Crippen LogP contribution in [0.2, 0.25) is 0 Å². The zero-order valence-corrected chi connectivity index (χ0v) is 21.3. The lowest BCUT2D eigenvalue weighted by Gasteiger charge is -2.43. The summed E-state index contributed by atoms with van der Waals surface area (Å²) >= 11 is 0. The van der Waals surface area contributed by atoms with Gasteiger partial charge >= 0.3 is 12.2 Å². The van der Waals surface area contributed by atoms with E-state index >= 15 is 0 Å². The van der Waals surface area contributed by atoms with Crippen molar-refractivity contribution < 1.29 is 23.8 Å². The predicted octanol–water partition coefficient (Wildman–Crippen LogP) is 4.03. The Kier molecular flexibility index (Phi) is 9.23. The quantitative estimate of drug-likeness (QED) is 0.651. The number of rotatable bonds is 6. The van der Waals surface area contributed by atoms with Crippen molar-refractivity contribution >= 4 is 12.2 Å². The molecule has 32 heavy (non-hydrogen) atoms.